The van der Waals surface area contributed by atoms with E-state index < -0.39 is 52.5 Å². The number of Topliss-reactive ketones (excluding diaryl/α,β-unsaturated/α-hetero) is 1. The number of hydrogen-bond donors (Lipinski definition) is 0. The molecule has 1 heterocycles. The van der Waals surface area contributed by atoms with Crippen molar-refractivity contribution in [2.45, 2.75) is 18.5 Å². The molecule has 1 aromatic heterocycles. The number of benzene rings is 1. The van der Waals surface area contributed by atoms with Crippen LogP contribution in [-0.2, 0) is 18.5 Å². The lowest BCUT2D eigenvalue weighted by Crippen LogP contribution is -2.18. The minimum atomic E-state index is -5.21. The van der Waals surface area contributed by atoms with Gasteiger partial charge in [0.05, 0.1) is 11.1 Å². The van der Waals surface area contributed by atoms with E-state index in [4.69, 9.17) is 0 Å². The van der Waals surface area contributed by atoms with E-state index >= 15 is 0 Å². The predicted molar refractivity (Wildman–Crippen MR) is 83.8 cm³/mol. The Balaban J connectivity index is 2.65. The Hall–Kier alpha value is -3.06. The second kappa shape index (κ2) is 7.65. The molecule has 5 nitrogen and oxygen atoms in total. The van der Waals surface area contributed by atoms with E-state index in [1.54, 1.807) is 0 Å². The van der Waals surface area contributed by atoms with Crippen molar-refractivity contribution in [1.29, 1.82) is 0 Å². The van der Waals surface area contributed by atoms with Gasteiger partial charge in [0.1, 0.15) is 12.0 Å². The normalized spacial score (nSPS) is 13.5. The second-order valence-electron chi connectivity index (χ2n) is 6.11. The molecule has 2 rings (SSSR count). The molecule has 0 radical (unpaired) electrons. The van der Waals surface area contributed by atoms with Crippen molar-refractivity contribution in [2.24, 2.45) is 0 Å². The highest BCUT2D eigenvalue weighted by atomic mass is 19.4. The number of nitrogens with zero attached hydrogens (tertiary/aromatic N) is 4. The zero-order valence-corrected chi connectivity index (χ0v) is 15.0. The highest BCUT2D eigenvalue weighted by molar-refractivity contribution is 6.24. The lowest BCUT2D eigenvalue weighted by molar-refractivity contribution is -0.145. The molecule has 164 valence electrons. The maximum atomic E-state index is 13.0. The van der Waals surface area contributed by atoms with Gasteiger partial charge in [-0.2, -0.15) is 39.5 Å². The number of carbonyl (C=O) groups excluding carboxylic acids is 1. The first kappa shape index (κ1) is 23.2. The van der Waals surface area contributed by atoms with E-state index in [9.17, 15) is 44.3 Å². The molecule has 2 aromatic rings. The molecule has 0 aliphatic carbocycles. The van der Waals surface area contributed by atoms with Gasteiger partial charge < -0.3 is 4.90 Å². The smallest absolute Gasteiger partial charge is 0.382 e. The Labute approximate surface area is 162 Å². The molecule has 0 spiro atoms. The van der Waals surface area contributed by atoms with Crippen molar-refractivity contribution >= 4 is 11.5 Å². The van der Waals surface area contributed by atoms with Gasteiger partial charge in [-0.25, -0.2) is 9.67 Å². The fraction of sp³-hybridized carbons (Fsp3) is 0.312. The molecule has 0 amide bonds. The third kappa shape index (κ3) is 5.30. The molecule has 0 bridgehead atoms. The van der Waals surface area contributed by atoms with E-state index in [-0.39, 0.29) is 18.2 Å². The molecule has 0 fully saturated rings. The molecule has 0 saturated heterocycles. The van der Waals surface area contributed by atoms with Crippen LogP contribution in [-0.4, -0.2) is 39.5 Å². The number of rotatable bonds is 4. The van der Waals surface area contributed by atoms with Crippen molar-refractivity contribution in [3.05, 3.63) is 53.2 Å². The summed E-state index contributed by atoms with van der Waals surface area (Å²) in [5.41, 5.74) is -5.30. The molecule has 0 N–H and O–H groups in total. The first-order chi connectivity index (χ1) is 13.5. The fourth-order valence-corrected chi connectivity index (χ4v) is 2.21. The Kier molecular flexibility index (Phi) is 5.92. The molecule has 0 atom stereocenters. The highest BCUT2D eigenvalue weighted by Gasteiger charge is 2.39. The number of carbonyl (C=O) groups is 1. The molecular formula is C16H11F9N4O. The largest absolute Gasteiger partial charge is 0.453 e. The van der Waals surface area contributed by atoms with E-state index in [1.165, 1.54) is 14.1 Å². The fourth-order valence-electron chi connectivity index (χ4n) is 2.21. The average Bonchev–Trinajstić information content (AvgIpc) is 3.07. The van der Waals surface area contributed by atoms with Crippen molar-refractivity contribution in [3.8, 4) is 0 Å². The minimum Gasteiger partial charge on any atom is -0.382 e. The van der Waals surface area contributed by atoms with Crippen LogP contribution >= 0.6 is 0 Å². The summed E-state index contributed by atoms with van der Waals surface area (Å²) in [5, 5.41) is 3.04. The minimum absolute atomic E-state index is 0.169. The SMILES string of the molecule is CN(C)C=C(C(=O)c1cc(C(F)(F)F)cc(C(F)(F)F)c1)n1cnc(C(F)(F)F)n1. The van der Waals surface area contributed by atoms with Crippen molar-refractivity contribution in [3.63, 3.8) is 0 Å². The number of alkyl halides is 9. The summed E-state index contributed by atoms with van der Waals surface area (Å²) in [6, 6.07) is 0.161. The molecule has 0 unspecified atom stereocenters. The number of ketones is 1. The van der Waals surface area contributed by atoms with E-state index in [2.05, 4.69) is 10.1 Å². The highest BCUT2D eigenvalue weighted by Crippen LogP contribution is 2.37. The molecule has 14 heteroatoms. The van der Waals surface area contributed by atoms with Crippen LogP contribution in [0.15, 0.2) is 30.7 Å². The summed E-state index contributed by atoms with van der Waals surface area (Å²) < 4.78 is 117. The summed E-state index contributed by atoms with van der Waals surface area (Å²) in [4.78, 5) is 16.8. The van der Waals surface area contributed by atoms with Gasteiger partial charge in [0, 0.05) is 25.9 Å². The van der Waals surface area contributed by atoms with E-state index in [0.717, 1.165) is 11.1 Å². The van der Waals surface area contributed by atoms with E-state index in [1.807, 2.05) is 0 Å². The van der Waals surface area contributed by atoms with Gasteiger partial charge in [-0.15, -0.1) is 5.10 Å². The molecule has 0 aliphatic heterocycles. The first-order valence-corrected chi connectivity index (χ1v) is 7.72. The summed E-state index contributed by atoms with van der Waals surface area (Å²) in [6.45, 7) is 0. The number of aromatic nitrogens is 3. The van der Waals surface area contributed by atoms with Crippen molar-refractivity contribution in [1.82, 2.24) is 19.7 Å². The quantitative estimate of drug-likeness (QED) is 0.392. The summed E-state index contributed by atoms with van der Waals surface area (Å²) in [5.74, 6) is -3.08. The molecule has 1 aromatic carbocycles. The maximum Gasteiger partial charge on any atom is 0.453 e. The lowest BCUT2D eigenvalue weighted by Gasteiger charge is -2.15. The van der Waals surface area contributed by atoms with Crippen LogP contribution in [0.1, 0.15) is 27.3 Å². The van der Waals surface area contributed by atoms with Gasteiger partial charge in [0.25, 0.3) is 5.82 Å². The van der Waals surface area contributed by atoms with Gasteiger partial charge in [-0.05, 0) is 18.2 Å². The van der Waals surface area contributed by atoms with Crippen LogP contribution in [0.2, 0.25) is 0 Å². The van der Waals surface area contributed by atoms with Gasteiger partial charge in [-0.3, -0.25) is 4.79 Å². The summed E-state index contributed by atoms with van der Waals surface area (Å²) in [6.07, 6.45) is -14.1. The first-order valence-electron chi connectivity index (χ1n) is 7.72. The van der Waals surface area contributed by atoms with Gasteiger partial charge in [-0.1, -0.05) is 0 Å². The zero-order chi connectivity index (χ0) is 23.1. The van der Waals surface area contributed by atoms with Gasteiger partial charge >= 0.3 is 18.5 Å². The molecule has 30 heavy (non-hydrogen) atoms. The second-order valence-corrected chi connectivity index (χ2v) is 6.11. The lowest BCUT2D eigenvalue weighted by atomic mass is 10.0. The van der Waals surface area contributed by atoms with Crippen LogP contribution in [0.3, 0.4) is 0 Å². The third-order valence-electron chi connectivity index (χ3n) is 3.46. The van der Waals surface area contributed by atoms with Crippen LogP contribution in [0.25, 0.3) is 5.70 Å². The van der Waals surface area contributed by atoms with Gasteiger partial charge in [0.15, 0.2) is 0 Å². The molecule has 0 saturated carbocycles. The zero-order valence-electron chi connectivity index (χ0n) is 15.0. The van der Waals surface area contributed by atoms with Crippen LogP contribution < -0.4 is 0 Å². The maximum absolute atomic E-state index is 13.0. The van der Waals surface area contributed by atoms with Crippen molar-refractivity contribution < 1.29 is 44.3 Å². The monoisotopic (exact) mass is 446 g/mol. The van der Waals surface area contributed by atoms with Gasteiger partial charge in [0.2, 0.25) is 5.78 Å². The number of hydrogen-bond acceptors (Lipinski definition) is 4. The Bertz CT molecular complexity index is 936. The third-order valence-corrected chi connectivity index (χ3v) is 3.46. The molecule has 0 aliphatic rings. The van der Waals surface area contributed by atoms with E-state index in [0.29, 0.717) is 11.0 Å². The van der Waals surface area contributed by atoms with Crippen LogP contribution in [0.5, 0.6) is 0 Å². The number of halogens is 9. The topological polar surface area (TPSA) is 51.0 Å². The predicted octanol–water partition coefficient (Wildman–Crippen LogP) is 4.58. The van der Waals surface area contributed by atoms with Crippen LogP contribution in [0.4, 0.5) is 39.5 Å². The Morgan fingerprint density at radius 1 is 0.900 bits per heavy atom. The number of allylic oxidation sites excluding steroid dienone is 1. The Morgan fingerprint density at radius 2 is 1.40 bits per heavy atom. The standard InChI is InChI=1S/C16H11F9N4O/c1-28(2)6-11(29-7-26-13(27-29)16(23,24)25)12(30)8-3-9(14(17,18)19)5-10(4-8)15(20,21)22/h3-7H,1-2H3. The van der Waals surface area contributed by atoms with Crippen LogP contribution in [0, 0.1) is 0 Å². The molecular weight excluding hydrogens is 435 g/mol. The summed E-state index contributed by atoms with van der Waals surface area (Å²) >= 11 is 0. The average molecular weight is 446 g/mol. The summed E-state index contributed by atoms with van der Waals surface area (Å²) in [7, 11) is 2.64. The van der Waals surface area contributed by atoms with Crippen molar-refractivity contribution in [2.75, 3.05) is 14.1 Å². The Morgan fingerprint density at radius 3 is 1.77 bits per heavy atom.